The number of likely N-dealkylation sites (tertiary alicyclic amines) is 1. The predicted octanol–water partition coefficient (Wildman–Crippen LogP) is 2.49. The first-order valence-corrected chi connectivity index (χ1v) is 8.83. The van der Waals surface area contributed by atoms with E-state index in [1.54, 1.807) is 6.92 Å². The van der Waals surface area contributed by atoms with E-state index in [0.717, 1.165) is 37.3 Å². The van der Waals surface area contributed by atoms with Crippen LogP contribution in [0, 0.1) is 6.92 Å². The van der Waals surface area contributed by atoms with Crippen molar-refractivity contribution in [2.24, 2.45) is 0 Å². The van der Waals surface area contributed by atoms with Crippen molar-refractivity contribution in [1.29, 1.82) is 0 Å². The Morgan fingerprint density at radius 1 is 1.29 bits per heavy atom. The van der Waals surface area contributed by atoms with Crippen molar-refractivity contribution >= 4 is 5.91 Å². The quantitative estimate of drug-likeness (QED) is 0.861. The minimum Gasteiger partial charge on any atom is -0.361 e. The zero-order valence-corrected chi connectivity index (χ0v) is 14.2. The van der Waals surface area contributed by atoms with Crippen molar-refractivity contribution in [1.82, 2.24) is 25.1 Å². The van der Waals surface area contributed by atoms with Gasteiger partial charge in [0.25, 0.3) is 5.91 Å². The molecule has 2 aromatic rings. The van der Waals surface area contributed by atoms with Gasteiger partial charge in [-0.2, -0.15) is 0 Å². The number of carbonyl (C=O) groups excluding carboxylic acids is 1. The van der Waals surface area contributed by atoms with Crippen LogP contribution in [0.2, 0.25) is 0 Å². The van der Waals surface area contributed by atoms with Crippen LogP contribution in [0.15, 0.2) is 10.7 Å². The zero-order chi connectivity index (χ0) is 16.7. The molecule has 3 heterocycles. The first-order valence-electron chi connectivity index (χ1n) is 8.83. The molecule has 2 aliphatic rings. The topological polar surface area (TPSA) is 77.0 Å². The highest BCUT2D eigenvalue weighted by Crippen LogP contribution is 2.39. The average Bonchev–Trinajstić information content (AvgIpc) is 3.22. The van der Waals surface area contributed by atoms with E-state index >= 15 is 0 Å². The van der Waals surface area contributed by atoms with Gasteiger partial charge in [-0.05, 0) is 39.0 Å². The Morgan fingerprint density at radius 2 is 2.04 bits per heavy atom. The maximum atomic E-state index is 12.8. The van der Waals surface area contributed by atoms with E-state index in [-0.39, 0.29) is 5.91 Å². The number of carbonyl (C=O) groups is 1. The number of piperidine rings is 1. The minimum atomic E-state index is 0.0429. The van der Waals surface area contributed by atoms with Gasteiger partial charge >= 0.3 is 0 Å². The van der Waals surface area contributed by atoms with Crippen LogP contribution in [0.5, 0.6) is 0 Å². The van der Waals surface area contributed by atoms with E-state index in [4.69, 9.17) is 4.52 Å². The van der Waals surface area contributed by atoms with Gasteiger partial charge in [-0.25, -0.2) is 4.68 Å². The SMILES string of the molecule is CCc1noc(C)c1C(=O)N1CCC(n2cc(C3CC3)nn2)CC1. The molecular formula is C17H23N5O2. The molecule has 24 heavy (non-hydrogen) atoms. The van der Waals surface area contributed by atoms with Gasteiger partial charge in [0.15, 0.2) is 0 Å². The molecule has 0 bridgehead atoms. The molecule has 1 saturated carbocycles. The summed E-state index contributed by atoms with van der Waals surface area (Å²) in [4.78, 5) is 14.7. The summed E-state index contributed by atoms with van der Waals surface area (Å²) >= 11 is 0. The van der Waals surface area contributed by atoms with Crippen molar-refractivity contribution in [3.63, 3.8) is 0 Å². The highest BCUT2D eigenvalue weighted by atomic mass is 16.5. The number of hydrogen-bond donors (Lipinski definition) is 0. The van der Waals surface area contributed by atoms with Gasteiger partial charge in [0.1, 0.15) is 11.3 Å². The fraction of sp³-hybridized carbons (Fsp3) is 0.647. The third-order valence-corrected chi connectivity index (χ3v) is 5.13. The van der Waals surface area contributed by atoms with E-state index in [9.17, 15) is 4.79 Å². The summed E-state index contributed by atoms with van der Waals surface area (Å²) < 4.78 is 7.20. The molecule has 7 nitrogen and oxygen atoms in total. The molecule has 1 aliphatic heterocycles. The average molecular weight is 329 g/mol. The fourth-order valence-electron chi connectivity index (χ4n) is 3.46. The minimum absolute atomic E-state index is 0.0429. The fourth-order valence-corrected chi connectivity index (χ4v) is 3.46. The van der Waals surface area contributed by atoms with Crippen LogP contribution in [0.25, 0.3) is 0 Å². The number of amides is 1. The van der Waals surface area contributed by atoms with E-state index in [0.29, 0.717) is 29.7 Å². The number of aromatic nitrogens is 4. The Bertz CT molecular complexity index is 738. The van der Waals surface area contributed by atoms with Crippen molar-refractivity contribution in [2.75, 3.05) is 13.1 Å². The summed E-state index contributed by atoms with van der Waals surface area (Å²) in [7, 11) is 0. The summed E-state index contributed by atoms with van der Waals surface area (Å²) in [6.45, 7) is 5.26. The molecule has 0 N–H and O–H groups in total. The molecule has 0 aromatic carbocycles. The number of rotatable bonds is 4. The van der Waals surface area contributed by atoms with E-state index in [2.05, 4.69) is 21.7 Å². The first-order chi connectivity index (χ1) is 11.7. The standard InChI is InChI=1S/C17H23N5O2/c1-3-14-16(11(2)24-19-14)17(23)21-8-6-13(7-9-21)22-10-15(18-20-22)12-4-5-12/h10,12-13H,3-9H2,1-2H3. The molecular weight excluding hydrogens is 306 g/mol. The van der Waals surface area contributed by atoms with Crippen LogP contribution in [-0.2, 0) is 6.42 Å². The number of nitrogens with zero attached hydrogens (tertiary/aromatic N) is 5. The van der Waals surface area contributed by atoms with Gasteiger partial charge in [-0.3, -0.25) is 4.79 Å². The molecule has 2 aromatic heterocycles. The van der Waals surface area contributed by atoms with E-state index < -0.39 is 0 Å². The summed E-state index contributed by atoms with van der Waals surface area (Å²) in [6, 6.07) is 0.336. The molecule has 0 spiro atoms. The van der Waals surface area contributed by atoms with E-state index in [1.165, 1.54) is 12.8 Å². The molecule has 0 radical (unpaired) electrons. The lowest BCUT2D eigenvalue weighted by Crippen LogP contribution is -2.39. The van der Waals surface area contributed by atoms with Gasteiger partial charge in [0.2, 0.25) is 0 Å². The maximum absolute atomic E-state index is 12.8. The number of hydrogen-bond acceptors (Lipinski definition) is 5. The maximum Gasteiger partial charge on any atom is 0.259 e. The van der Waals surface area contributed by atoms with Crippen LogP contribution in [-0.4, -0.2) is 44.0 Å². The second-order valence-electron chi connectivity index (χ2n) is 6.84. The third-order valence-electron chi connectivity index (χ3n) is 5.13. The van der Waals surface area contributed by atoms with Gasteiger partial charge in [-0.15, -0.1) is 5.10 Å². The van der Waals surface area contributed by atoms with Crippen molar-refractivity contribution in [3.05, 3.63) is 28.9 Å². The van der Waals surface area contributed by atoms with Crippen LogP contribution in [0.4, 0.5) is 0 Å². The largest absolute Gasteiger partial charge is 0.361 e. The van der Waals surface area contributed by atoms with Crippen LogP contribution in [0.1, 0.15) is 72.1 Å². The number of aryl methyl sites for hydroxylation is 2. The highest BCUT2D eigenvalue weighted by molar-refractivity contribution is 5.96. The normalized spacial score (nSPS) is 19.0. The Hall–Kier alpha value is -2.18. The summed E-state index contributed by atoms with van der Waals surface area (Å²) in [6.07, 6.45) is 7.10. The summed E-state index contributed by atoms with van der Waals surface area (Å²) in [5.74, 6) is 1.29. The van der Waals surface area contributed by atoms with Crippen LogP contribution in [0.3, 0.4) is 0 Å². The van der Waals surface area contributed by atoms with Gasteiger partial charge in [0, 0.05) is 25.2 Å². The lowest BCUT2D eigenvalue weighted by Gasteiger charge is -2.31. The lowest BCUT2D eigenvalue weighted by molar-refractivity contribution is 0.0686. The zero-order valence-electron chi connectivity index (χ0n) is 14.2. The second kappa shape index (κ2) is 6.03. The Morgan fingerprint density at radius 3 is 2.71 bits per heavy atom. The molecule has 1 saturated heterocycles. The molecule has 7 heteroatoms. The van der Waals surface area contributed by atoms with Gasteiger partial charge < -0.3 is 9.42 Å². The summed E-state index contributed by atoms with van der Waals surface area (Å²) in [5.41, 5.74) is 2.53. The highest BCUT2D eigenvalue weighted by Gasteiger charge is 2.31. The van der Waals surface area contributed by atoms with Gasteiger partial charge in [0.05, 0.1) is 17.4 Å². The molecule has 1 aliphatic carbocycles. The molecule has 128 valence electrons. The molecule has 1 amide bonds. The molecule has 0 atom stereocenters. The Balaban J connectivity index is 1.41. The first kappa shape index (κ1) is 15.4. The van der Waals surface area contributed by atoms with Crippen molar-refractivity contribution in [3.8, 4) is 0 Å². The molecule has 0 unspecified atom stereocenters. The third kappa shape index (κ3) is 2.72. The monoisotopic (exact) mass is 329 g/mol. The molecule has 2 fully saturated rings. The Labute approximate surface area is 141 Å². The Kier molecular flexibility index (Phi) is 3.86. The van der Waals surface area contributed by atoms with Crippen LogP contribution >= 0.6 is 0 Å². The second-order valence-corrected chi connectivity index (χ2v) is 6.84. The van der Waals surface area contributed by atoms with Crippen molar-refractivity contribution < 1.29 is 9.32 Å². The van der Waals surface area contributed by atoms with Crippen molar-refractivity contribution in [2.45, 2.75) is 57.9 Å². The van der Waals surface area contributed by atoms with Crippen LogP contribution < -0.4 is 0 Å². The molecule has 4 rings (SSSR count). The lowest BCUT2D eigenvalue weighted by atomic mass is 10.0. The van der Waals surface area contributed by atoms with E-state index in [1.807, 2.05) is 16.5 Å². The predicted molar refractivity (Wildman–Crippen MR) is 86.8 cm³/mol. The smallest absolute Gasteiger partial charge is 0.259 e. The summed E-state index contributed by atoms with van der Waals surface area (Å²) in [5, 5.41) is 12.6. The van der Waals surface area contributed by atoms with Gasteiger partial charge in [-0.1, -0.05) is 17.3 Å².